The summed E-state index contributed by atoms with van der Waals surface area (Å²) < 4.78 is 0. The van der Waals surface area contributed by atoms with Crippen molar-refractivity contribution in [3.63, 3.8) is 0 Å². The van der Waals surface area contributed by atoms with Crippen molar-refractivity contribution in [3.05, 3.63) is 70.8 Å². The van der Waals surface area contributed by atoms with Gasteiger partial charge in [0.25, 0.3) is 11.8 Å². The molecule has 8 heteroatoms. The lowest BCUT2D eigenvalue weighted by molar-refractivity contribution is 0.0772. The third kappa shape index (κ3) is 7.81. The number of nitrogens with one attached hydrogen (secondary N) is 2. The molecule has 0 bridgehead atoms. The van der Waals surface area contributed by atoms with Crippen molar-refractivity contribution >= 4 is 41.8 Å². The summed E-state index contributed by atoms with van der Waals surface area (Å²) in [5, 5.41) is 6.55. The minimum Gasteiger partial charge on any atom is -0.352 e. The molecule has 7 nitrogen and oxygen atoms in total. The molecule has 2 aromatic carbocycles. The van der Waals surface area contributed by atoms with Gasteiger partial charge in [0.2, 0.25) is 0 Å². The number of guanidine groups is 1. The fraction of sp³-hybridized carbons (Fsp3) is 0.375. The number of hydrogen-bond acceptors (Lipinski definition) is 3. The Balaban J connectivity index is 0.00000512. The van der Waals surface area contributed by atoms with Gasteiger partial charge in [-0.3, -0.25) is 14.6 Å². The standard InChI is InChI=1S/C24H33N5O2.HI/c1-6-29(7-2)23(31)21-14-10-19(11-15-21)17-27-24(25-3)26-16-18-8-12-20(13-9-18)22(30)28(4)5;/h8-15H,6-7,16-17H2,1-5H3,(H2,25,26,27);1H. The van der Waals surface area contributed by atoms with Gasteiger partial charge in [-0.1, -0.05) is 24.3 Å². The predicted octanol–water partition coefficient (Wildman–Crippen LogP) is 3.35. The molecule has 0 unspecified atom stereocenters. The second-order valence-corrected chi connectivity index (χ2v) is 7.35. The summed E-state index contributed by atoms with van der Waals surface area (Å²) in [5.41, 5.74) is 3.48. The minimum absolute atomic E-state index is 0. The van der Waals surface area contributed by atoms with Crippen LogP contribution in [-0.4, -0.2) is 61.8 Å². The second kappa shape index (κ2) is 13.7. The van der Waals surface area contributed by atoms with Crippen molar-refractivity contribution in [2.45, 2.75) is 26.9 Å². The first-order valence-corrected chi connectivity index (χ1v) is 10.5. The van der Waals surface area contributed by atoms with Crippen LogP contribution in [0.4, 0.5) is 0 Å². The molecule has 0 aliphatic rings. The summed E-state index contributed by atoms with van der Waals surface area (Å²) in [6, 6.07) is 15.2. The Labute approximate surface area is 208 Å². The number of aliphatic imine (C=N–C) groups is 1. The van der Waals surface area contributed by atoms with E-state index in [1.807, 2.05) is 67.3 Å². The van der Waals surface area contributed by atoms with E-state index in [0.717, 1.165) is 11.1 Å². The Morgan fingerprint density at radius 2 is 1.19 bits per heavy atom. The van der Waals surface area contributed by atoms with E-state index in [4.69, 9.17) is 0 Å². The Bertz CT molecular complexity index is 892. The minimum atomic E-state index is -0.0122. The number of benzene rings is 2. The van der Waals surface area contributed by atoms with Crippen molar-refractivity contribution in [2.24, 2.45) is 4.99 Å². The van der Waals surface area contributed by atoms with E-state index in [1.54, 1.807) is 26.0 Å². The van der Waals surface area contributed by atoms with Crippen LogP contribution in [0, 0.1) is 0 Å². The van der Waals surface area contributed by atoms with Crippen molar-refractivity contribution in [1.29, 1.82) is 0 Å². The Kier molecular flexibility index (Phi) is 11.8. The molecule has 0 spiro atoms. The highest BCUT2D eigenvalue weighted by Gasteiger charge is 2.12. The molecule has 2 N–H and O–H groups in total. The van der Waals surface area contributed by atoms with Crippen LogP contribution in [-0.2, 0) is 13.1 Å². The van der Waals surface area contributed by atoms with Crippen LogP contribution >= 0.6 is 24.0 Å². The number of hydrogen-bond donors (Lipinski definition) is 2. The van der Waals surface area contributed by atoms with Gasteiger partial charge in [-0.05, 0) is 49.2 Å². The zero-order valence-corrected chi connectivity index (χ0v) is 21.8. The number of rotatable bonds is 8. The summed E-state index contributed by atoms with van der Waals surface area (Å²) in [7, 11) is 5.20. The van der Waals surface area contributed by atoms with E-state index in [9.17, 15) is 9.59 Å². The van der Waals surface area contributed by atoms with Crippen LogP contribution in [0.2, 0.25) is 0 Å². The lowest BCUT2D eigenvalue weighted by Gasteiger charge is -2.18. The fourth-order valence-corrected chi connectivity index (χ4v) is 3.07. The summed E-state index contributed by atoms with van der Waals surface area (Å²) >= 11 is 0. The van der Waals surface area contributed by atoms with E-state index in [1.165, 1.54) is 0 Å². The van der Waals surface area contributed by atoms with Gasteiger partial charge in [0.05, 0.1) is 0 Å². The first-order chi connectivity index (χ1) is 14.9. The SMILES string of the molecule is CCN(CC)C(=O)c1ccc(CNC(=NC)NCc2ccc(C(=O)N(C)C)cc2)cc1.I. The van der Waals surface area contributed by atoms with Gasteiger partial charge in [-0.15, -0.1) is 24.0 Å². The molecule has 0 aliphatic heterocycles. The first kappa shape index (κ1) is 27.4. The van der Waals surface area contributed by atoms with Gasteiger partial charge in [0.1, 0.15) is 0 Å². The van der Waals surface area contributed by atoms with E-state index < -0.39 is 0 Å². The van der Waals surface area contributed by atoms with Crippen molar-refractivity contribution < 1.29 is 9.59 Å². The topological polar surface area (TPSA) is 77.0 Å². The predicted molar refractivity (Wildman–Crippen MR) is 141 cm³/mol. The van der Waals surface area contributed by atoms with Gasteiger partial charge in [-0.25, -0.2) is 0 Å². The molecule has 0 saturated heterocycles. The summed E-state index contributed by atoms with van der Waals surface area (Å²) in [4.78, 5) is 32.0. The number of carbonyl (C=O) groups is 2. The van der Waals surface area contributed by atoms with Gasteiger partial charge >= 0.3 is 0 Å². The number of halogens is 1. The molecule has 0 fully saturated rings. The molecule has 32 heavy (non-hydrogen) atoms. The Hall–Kier alpha value is -2.62. The highest BCUT2D eigenvalue weighted by molar-refractivity contribution is 14.0. The largest absolute Gasteiger partial charge is 0.352 e. The summed E-state index contributed by atoms with van der Waals surface area (Å²) in [6.45, 7) is 6.56. The molecular formula is C24H34IN5O2. The molecule has 0 saturated carbocycles. The molecule has 2 aromatic rings. The Morgan fingerprint density at radius 1 is 0.781 bits per heavy atom. The molecule has 0 atom stereocenters. The van der Waals surface area contributed by atoms with Gasteiger partial charge in [0, 0.05) is 58.4 Å². The van der Waals surface area contributed by atoms with Crippen LogP contribution in [0.3, 0.4) is 0 Å². The van der Waals surface area contributed by atoms with Crippen LogP contribution in [0.5, 0.6) is 0 Å². The van der Waals surface area contributed by atoms with E-state index in [-0.39, 0.29) is 35.8 Å². The molecule has 0 radical (unpaired) electrons. The van der Waals surface area contributed by atoms with Crippen molar-refractivity contribution in [3.8, 4) is 0 Å². The monoisotopic (exact) mass is 551 g/mol. The zero-order chi connectivity index (χ0) is 22.8. The third-order valence-corrected chi connectivity index (χ3v) is 5.00. The summed E-state index contributed by atoms with van der Waals surface area (Å²) in [6.07, 6.45) is 0. The van der Waals surface area contributed by atoms with E-state index in [0.29, 0.717) is 43.3 Å². The maximum Gasteiger partial charge on any atom is 0.253 e. The smallest absolute Gasteiger partial charge is 0.253 e. The van der Waals surface area contributed by atoms with Gasteiger partial charge in [0.15, 0.2) is 5.96 Å². The highest BCUT2D eigenvalue weighted by Crippen LogP contribution is 2.09. The number of amides is 2. The van der Waals surface area contributed by atoms with Crippen LogP contribution in [0.1, 0.15) is 45.7 Å². The average Bonchev–Trinajstić information content (AvgIpc) is 2.80. The number of nitrogens with zero attached hydrogens (tertiary/aromatic N) is 3. The average molecular weight is 551 g/mol. The Morgan fingerprint density at radius 3 is 1.53 bits per heavy atom. The third-order valence-electron chi connectivity index (χ3n) is 5.00. The maximum atomic E-state index is 12.4. The molecule has 0 heterocycles. The zero-order valence-electron chi connectivity index (χ0n) is 19.5. The quantitative estimate of drug-likeness (QED) is 0.300. The molecule has 2 amide bonds. The fourth-order valence-electron chi connectivity index (χ4n) is 3.07. The molecule has 0 aromatic heterocycles. The van der Waals surface area contributed by atoms with Gasteiger partial charge in [-0.2, -0.15) is 0 Å². The molecule has 174 valence electrons. The highest BCUT2D eigenvalue weighted by atomic mass is 127. The van der Waals surface area contributed by atoms with E-state index in [2.05, 4.69) is 15.6 Å². The lowest BCUT2D eigenvalue weighted by atomic mass is 10.1. The maximum absolute atomic E-state index is 12.4. The molecule has 0 aliphatic carbocycles. The van der Waals surface area contributed by atoms with Crippen LogP contribution in [0.15, 0.2) is 53.5 Å². The lowest BCUT2D eigenvalue weighted by Crippen LogP contribution is -2.36. The van der Waals surface area contributed by atoms with Gasteiger partial charge < -0.3 is 20.4 Å². The second-order valence-electron chi connectivity index (χ2n) is 7.35. The van der Waals surface area contributed by atoms with Crippen molar-refractivity contribution in [2.75, 3.05) is 34.2 Å². The molecular weight excluding hydrogens is 517 g/mol. The molecule has 2 rings (SSSR count). The first-order valence-electron chi connectivity index (χ1n) is 10.5. The van der Waals surface area contributed by atoms with Crippen LogP contribution < -0.4 is 10.6 Å². The summed E-state index contributed by atoms with van der Waals surface area (Å²) in [5.74, 6) is 0.721. The van der Waals surface area contributed by atoms with E-state index >= 15 is 0 Å². The number of carbonyl (C=O) groups excluding carboxylic acids is 2. The van der Waals surface area contributed by atoms with Crippen molar-refractivity contribution in [1.82, 2.24) is 20.4 Å². The van der Waals surface area contributed by atoms with Crippen LogP contribution in [0.25, 0.3) is 0 Å². The normalized spacial score (nSPS) is 10.7.